The fourth-order valence-electron chi connectivity index (χ4n) is 1.15. The van der Waals surface area contributed by atoms with Gasteiger partial charge in [0.25, 0.3) is 0 Å². The SMILES string of the molecule is CC[C@@H]1OC(=O)O[C@H]1CC(Cl)Cl. The summed E-state index contributed by atoms with van der Waals surface area (Å²) in [6.07, 6.45) is 0.0328. The Bertz CT molecular complexity index is 172. The van der Waals surface area contributed by atoms with Gasteiger partial charge in [0.1, 0.15) is 17.0 Å². The predicted octanol–water partition coefficient (Wildman–Crippen LogP) is 2.49. The van der Waals surface area contributed by atoms with Crippen molar-refractivity contribution in [3.8, 4) is 0 Å². The Labute approximate surface area is 80.9 Å². The molecule has 2 atom stereocenters. The van der Waals surface area contributed by atoms with Crippen LogP contribution in [0.5, 0.6) is 0 Å². The van der Waals surface area contributed by atoms with Crippen LogP contribution in [0.2, 0.25) is 0 Å². The molecule has 1 aliphatic rings. The quantitative estimate of drug-likeness (QED) is 0.533. The van der Waals surface area contributed by atoms with Crippen LogP contribution in [0.4, 0.5) is 4.79 Å². The highest BCUT2D eigenvalue weighted by molar-refractivity contribution is 6.44. The average Bonchev–Trinajstić information content (AvgIpc) is 2.29. The van der Waals surface area contributed by atoms with E-state index >= 15 is 0 Å². The standard InChI is InChI=1S/C7H10Cl2O3/c1-2-4-5(3-6(8)9)12-7(10)11-4/h4-6H,2-3H2,1H3/t4-,5-/m0/s1. The molecule has 1 heterocycles. The fraction of sp³-hybridized carbons (Fsp3) is 0.857. The van der Waals surface area contributed by atoms with Gasteiger partial charge in [0.2, 0.25) is 0 Å². The molecule has 0 amide bonds. The maximum atomic E-state index is 10.7. The molecule has 1 saturated heterocycles. The molecule has 1 aliphatic heterocycles. The van der Waals surface area contributed by atoms with Crippen LogP contribution >= 0.6 is 23.2 Å². The van der Waals surface area contributed by atoms with E-state index in [-0.39, 0.29) is 12.2 Å². The zero-order valence-electron chi connectivity index (χ0n) is 6.63. The first kappa shape index (κ1) is 9.93. The van der Waals surface area contributed by atoms with Gasteiger partial charge in [-0.2, -0.15) is 0 Å². The van der Waals surface area contributed by atoms with Crippen LogP contribution in [0.25, 0.3) is 0 Å². The van der Waals surface area contributed by atoms with Crippen LogP contribution in [0.15, 0.2) is 0 Å². The second-order valence-corrected chi connectivity index (χ2v) is 3.87. The van der Waals surface area contributed by atoms with E-state index in [1.807, 2.05) is 6.92 Å². The van der Waals surface area contributed by atoms with Crippen molar-refractivity contribution in [3.05, 3.63) is 0 Å². The van der Waals surface area contributed by atoms with Crippen LogP contribution in [0.1, 0.15) is 19.8 Å². The zero-order chi connectivity index (χ0) is 9.14. The Morgan fingerprint density at radius 1 is 1.42 bits per heavy atom. The maximum Gasteiger partial charge on any atom is 0.509 e. The molecule has 0 aromatic heterocycles. The number of hydrogen-bond donors (Lipinski definition) is 0. The Balaban J connectivity index is 2.46. The number of rotatable bonds is 3. The van der Waals surface area contributed by atoms with Crippen LogP contribution in [0, 0.1) is 0 Å². The van der Waals surface area contributed by atoms with Gasteiger partial charge in [0.05, 0.1) is 0 Å². The summed E-state index contributed by atoms with van der Waals surface area (Å²) in [7, 11) is 0. The second-order valence-electron chi connectivity index (χ2n) is 2.60. The molecule has 0 aromatic carbocycles. The Morgan fingerprint density at radius 3 is 2.50 bits per heavy atom. The van der Waals surface area contributed by atoms with E-state index in [0.717, 1.165) is 6.42 Å². The van der Waals surface area contributed by atoms with Gasteiger partial charge in [0, 0.05) is 6.42 Å². The lowest BCUT2D eigenvalue weighted by Gasteiger charge is -2.13. The van der Waals surface area contributed by atoms with Crippen molar-refractivity contribution in [2.45, 2.75) is 36.8 Å². The summed E-state index contributed by atoms with van der Waals surface area (Å²) in [5.74, 6) is 0. The van der Waals surface area contributed by atoms with Crippen LogP contribution in [-0.2, 0) is 9.47 Å². The Hall–Kier alpha value is -0.150. The van der Waals surface area contributed by atoms with Gasteiger partial charge in [-0.25, -0.2) is 4.79 Å². The summed E-state index contributed by atoms with van der Waals surface area (Å²) in [5.41, 5.74) is 0. The molecule has 5 heteroatoms. The lowest BCUT2D eigenvalue weighted by Crippen LogP contribution is -2.23. The van der Waals surface area contributed by atoms with Crippen molar-refractivity contribution in [2.75, 3.05) is 0 Å². The normalized spacial score (nSPS) is 28.8. The van der Waals surface area contributed by atoms with Gasteiger partial charge in [-0.3, -0.25) is 0 Å². The summed E-state index contributed by atoms with van der Waals surface area (Å²) < 4.78 is 9.69. The molecule has 0 radical (unpaired) electrons. The molecule has 1 rings (SSSR count). The van der Waals surface area contributed by atoms with Gasteiger partial charge in [-0.1, -0.05) is 6.92 Å². The highest BCUT2D eigenvalue weighted by atomic mass is 35.5. The third-order valence-electron chi connectivity index (χ3n) is 1.72. The molecular formula is C7H10Cl2O3. The number of hydrogen-bond acceptors (Lipinski definition) is 3. The van der Waals surface area contributed by atoms with Crippen molar-refractivity contribution in [1.29, 1.82) is 0 Å². The molecule has 70 valence electrons. The lowest BCUT2D eigenvalue weighted by molar-refractivity contribution is 0.115. The van der Waals surface area contributed by atoms with Gasteiger partial charge in [-0.05, 0) is 6.42 Å². The summed E-state index contributed by atoms with van der Waals surface area (Å²) in [4.78, 5) is 10.2. The monoisotopic (exact) mass is 212 g/mol. The van der Waals surface area contributed by atoms with E-state index in [9.17, 15) is 4.79 Å². The Morgan fingerprint density at radius 2 is 2.00 bits per heavy atom. The summed E-state index contributed by atoms with van der Waals surface area (Å²) >= 11 is 11.1. The summed E-state index contributed by atoms with van der Waals surface area (Å²) in [6.45, 7) is 1.91. The number of cyclic esters (lactones) is 2. The molecule has 12 heavy (non-hydrogen) atoms. The first-order chi connectivity index (χ1) is 5.63. The minimum atomic E-state index is -0.624. The van der Waals surface area contributed by atoms with Gasteiger partial charge in [0.15, 0.2) is 0 Å². The number of ether oxygens (including phenoxy) is 2. The highest BCUT2D eigenvalue weighted by Gasteiger charge is 2.36. The molecule has 0 saturated carbocycles. The molecule has 0 spiro atoms. The smallest absolute Gasteiger partial charge is 0.427 e. The molecule has 0 unspecified atom stereocenters. The molecule has 0 N–H and O–H groups in total. The first-order valence-electron chi connectivity index (χ1n) is 3.79. The van der Waals surface area contributed by atoms with Crippen LogP contribution in [-0.4, -0.2) is 23.2 Å². The zero-order valence-corrected chi connectivity index (χ0v) is 8.14. The molecule has 0 aromatic rings. The lowest BCUT2D eigenvalue weighted by atomic mass is 10.1. The van der Waals surface area contributed by atoms with Crippen LogP contribution < -0.4 is 0 Å². The van der Waals surface area contributed by atoms with Crippen molar-refractivity contribution < 1.29 is 14.3 Å². The summed E-state index contributed by atoms with van der Waals surface area (Å²) in [5, 5.41) is 0. The molecule has 1 fully saturated rings. The molecule has 3 nitrogen and oxygen atoms in total. The maximum absolute atomic E-state index is 10.7. The van der Waals surface area contributed by atoms with E-state index in [1.165, 1.54) is 0 Å². The number of halogens is 2. The van der Waals surface area contributed by atoms with Crippen molar-refractivity contribution in [2.24, 2.45) is 0 Å². The second kappa shape index (κ2) is 4.19. The summed E-state index contributed by atoms with van der Waals surface area (Å²) in [6, 6.07) is 0. The van der Waals surface area contributed by atoms with E-state index < -0.39 is 11.0 Å². The number of carbonyl (C=O) groups is 1. The van der Waals surface area contributed by atoms with Crippen molar-refractivity contribution >= 4 is 29.4 Å². The molecule has 0 bridgehead atoms. The highest BCUT2D eigenvalue weighted by Crippen LogP contribution is 2.24. The third-order valence-corrected chi connectivity index (χ3v) is 2.08. The van der Waals surface area contributed by atoms with E-state index in [1.54, 1.807) is 0 Å². The average molecular weight is 213 g/mol. The van der Waals surface area contributed by atoms with Crippen molar-refractivity contribution in [3.63, 3.8) is 0 Å². The molecule has 0 aliphatic carbocycles. The van der Waals surface area contributed by atoms with Crippen LogP contribution in [0.3, 0.4) is 0 Å². The number of carbonyl (C=O) groups excluding carboxylic acids is 1. The van der Waals surface area contributed by atoms with Crippen molar-refractivity contribution in [1.82, 2.24) is 0 Å². The predicted molar refractivity (Wildman–Crippen MR) is 45.5 cm³/mol. The topological polar surface area (TPSA) is 35.5 Å². The minimum absolute atomic E-state index is 0.197. The third kappa shape index (κ3) is 2.42. The van der Waals surface area contributed by atoms with E-state index in [0.29, 0.717) is 6.42 Å². The molecular weight excluding hydrogens is 203 g/mol. The minimum Gasteiger partial charge on any atom is -0.427 e. The largest absolute Gasteiger partial charge is 0.509 e. The van der Waals surface area contributed by atoms with Gasteiger partial charge in [-0.15, -0.1) is 23.2 Å². The number of alkyl halides is 2. The van der Waals surface area contributed by atoms with E-state index in [2.05, 4.69) is 0 Å². The first-order valence-corrected chi connectivity index (χ1v) is 4.66. The van der Waals surface area contributed by atoms with Gasteiger partial charge < -0.3 is 9.47 Å². The van der Waals surface area contributed by atoms with E-state index in [4.69, 9.17) is 32.7 Å². The van der Waals surface area contributed by atoms with Gasteiger partial charge >= 0.3 is 6.16 Å². The fourth-order valence-corrected chi connectivity index (χ4v) is 1.50. The Kier molecular flexibility index (Phi) is 3.47.